The van der Waals surface area contributed by atoms with Crippen molar-refractivity contribution in [2.45, 2.75) is 25.7 Å². The van der Waals surface area contributed by atoms with Crippen LogP contribution in [0.15, 0.2) is 37.9 Å². The van der Waals surface area contributed by atoms with E-state index in [4.69, 9.17) is 13.5 Å². The third kappa shape index (κ3) is 2.49. The second kappa shape index (κ2) is 5.63. The maximum atomic E-state index is 12.4. The van der Waals surface area contributed by atoms with Crippen molar-refractivity contribution in [1.29, 1.82) is 0 Å². The van der Waals surface area contributed by atoms with Crippen molar-refractivity contribution >= 4 is 5.91 Å². The monoisotopic (exact) mass is 328 g/mol. The van der Waals surface area contributed by atoms with Crippen molar-refractivity contribution in [1.82, 2.24) is 20.2 Å². The van der Waals surface area contributed by atoms with Crippen molar-refractivity contribution in [3.05, 3.63) is 41.9 Å². The first-order valence-electron chi connectivity index (χ1n) is 7.75. The number of furan rings is 1. The van der Waals surface area contributed by atoms with Gasteiger partial charge < -0.3 is 18.4 Å². The fourth-order valence-corrected chi connectivity index (χ4v) is 2.52. The van der Waals surface area contributed by atoms with Gasteiger partial charge in [0.25, 0.3) is 5.91 Å². The molecular weight excluding hydrogens is 312 g/mol. The first-order chi connectivity index (χ1) is 11.6. The van der Waals surface area contributed by atoms with E-state index in [9.17, 15) is 4.79 Å². The number of hydrogen-bond acceptors (Lipinski definition) is 7. The summed E-state index contributed by atoms with van der Waals surface area (Å²) in [5.74, 6) is 2.35. The summed E-state index contributed by atoms with van der Waals surface area (Å²) < 4.78 is 15.7. The van der Waals surface area contributed by atoms with Crippen LogP contribution in [-0.2, 0) is 0 Å². The number of nitrogens with zero attached hydrogens (tertiary/aromatic N) is 4. The van der Waals surface area contributed by atoms with Crippen LogP contribution in [0.1, 0.15) is 47.9 Å². The summed E-state index contributed by atoms with van der Waals surface area (Å²) in [5, 5.41) is 7.77. The molecule has 0 atom stereocenters. The molecule has 3 aromatic heterocycles. The van der Waals surface area contributed by atoms with E-state index in [1.54, 1.807) is 23.1 Å². The maximum Gasteiger partial charge on any atom is 0.276 e. The molecule has 0 saturated carbocycles. The lowest BCUT2D eigenvalue weighted by atomic mass is 9.99. The highest BCUT2D eigenvalue weighted by Gasteiger charge is 2.37. The van der Waals surface area contributed by atoms with Crippen LogP contribution >= 0.6 is 0 Å². The molecule has 0 aromatic carbocycles. The molecule has 3 aromatic rings. The Morgan fingerprint density at radius 2 is 2.08 bits per heavy atom. The van der Waals surface area contributed by atoms with E-state index in [0.717, 1.165) is 0 Å². The van der Waals surface area contributed by atoms with Gasteiger partial charge in [-0.1, -0.05) is 24.2 Å². The number of aromatic nitrogens is 3. The molecule has 0 aliphatic carbocycles. The van der Waals surface area contributed by atoms with Crippen molar-refractivity contribution in [3.8, 4) is 11.5 Å². The zero-order valence-electron chi connectivity index (χ0n) is 13.3. The lowest BCUT2D eigenvalue weighted by Crippen LogP contribution is -2.48. The normalized spacial score (nSPS) is 15.0. The molecule has 1 fully saturated rings. The lowest BCUT2D eigenvalue weighted by molar-refractivity contribution is 0.0558. The van der Waals surface area contributed by atoms with E-state index < -0.39 is 0 Å². The molecule has 0 unspecified atom stereocenters. The van der Waals surface area contributed by atoms with Gasteiger partial charge in [0.05, 0.1) is 12.2 Å². The molecule has 1 aliphatic rings. The Morgan fingerprint density at radius 3 is 2.75 bits per heavy atom. The minimum absolute atomic E-state index is 0.0744. The summed E-state index contributed by atoms with van der Waals surface area (Å²) >= 11 is 0. The number of carbonyl (C=O) groups excluding carboxylic acids is 1. The summed E-state index contributed by atoms with van der Waals surface area (Å²) in [7, 11) is 0. The largest absolute Gasteiger partial charge is 0.461 e. The van der Waals surface area contributed by atoms with Crippen molar-refractivity contribution < 1.29 is 18.3 Å². The van der Waals surface area contributed by atoms with Crippen LogP contribution in [0.5, 0.6) is 0 Å². The Bertz CT molecular complexity index is 843. The van der Waals surface area contributed by atoms with Crippen LogP contribution in [0.25, 0.3) is 11.5 Å². The molecule has 124 valence electrons. The molecule has 24 heavy (non-hydrogen) atoms. The summed E-state index contributed by atoms with van der Waals surface area (Å²) in [6, 6.07) is 5.07. The predicted octanol–water partition coefficient (Wildman–Crippen LogP) is 2.68. The molecule has 8 heteroatoms. The van der Waals surface area contributed by atoms with Crippen LogP contribution in [0, 0.1) is 0 Å². The van der Waals surface area contributed by atoms with Crippen molar-refractivity contribution in [3.63, 3.8) is 0 Å². The lowest BCUT2D eigenvalue weighted by Gasteiger charge is -2.36. The second-order valence-corrected chi connectivity index (χ2v) is 6.11. The van der Waals surface area contributed by atoms with Gasteiger partial charge in [0, 0.05) is 25.1 Å². The van der Waals surface area contributed by atoms with Gasteiger partial charge in [-0.25, -0.2) is 0 Å². The minimum Gasteiger partial charge on any atom is -0.461 e. The fraction of sp³-hybridized carbons (Fsp3) is 0.375. The Hall–Kier alpha value is -2.90. The Labute approximate surface area is 137 Å². The number of carbonyl (C=O) groups is 1. The van der Waals surface area contributed by atoms with Crippen LogP contribution in [0.4, 0.5) is 0 Å². The van der Waals surface area contributed by atoms with Crippen LogP contribution in [0.3, 0.4) is 0 Å². The zero-order chi connectivity index (χ0) is 16.7. The standard InChI is InChI=1S/C16H16N4O4/c1-9(2)14-17-15(24-19-14)10-7-20(8-10)16(21)11-6-13(23-18-11)12-4-3-5-22-12/h3-6,9-10H,7-8H2,1-2H3. The molecule has 4 heterocycles. The number of rotatable bonds is 4. The molecule has 0 radical (unpaired) electrons. The van der Waals surface area contributed by atoms with Crippen molar-refractivity contribution in [2.75, 3.05) is 13.1 Å². The quantitative estimate of drug-likeness (QED) is 0.726. The summed E-state index contributed by atoms with van der Waals surface area (Å²) in [6.45, 7) is 5.07. The summed E-state index contributed by atoms with van der Waals surface area (Å²) in [4.78, 5) is 18.5. The van der Waals surface area contributed by atoms with Crippen LogP contribution in [-0.4, -0.2) is 39.2 Å². The van der Waals surface area contributed by atoms with Gasteiger partial charge in [0.1, 0.15) is 0 Å². The van der Waals surface area contributed by atoms with E-state index in [-0.39, 0.29) is 23.4 Å². The molecule has 1 aliphatic heterocycles. The van der Waals surface area contributed by atoms with Crippen LogP contribution < -0.4 is 0 Å². The molecule has 0 bridgehead atoms. The Balaban J connectivity index is 1.40. The van der Waals surface area contributed by atoms with E-state index in [0.29, 0.717) is 36.3 Å². The highest BCUT2D eigenvalue weighted by Crippen LogP contribution is 2.29. The smallest absolute Gasteiger partial charge is 0.276 e. The van der Waals surface area contributed by atoms with Gasteiger partial charge in [0.2, 0.25) is 11.7 Å². The second-order valence-electron chi connectivity index (χ2n) is 6.11. The third-order valence-electron chi connectivity index (χ3n) is 3.99. The predicted molar refractivity (Wildman–Crippen MR) is 81.2 cm³/mol. The summed E-state index contributed by atoms with van der Waals surface area (Å²) in [5.41, 5.74) is 0.258. The first-order valence-corrected chi connectivity index (χ1v) is 7.75. The SMILES string of the molecule is CC(C)c1noc(C2CN(C(=O)c3cc(-c4ccco4)on3)C2)n1. The van der Waals surface area contributed by atoms with Gasteiger partial charge >= 0.3 is 0 Å². The van der Waals surface area contributed by atoms with Gasteiger partial charge in [-0.2, -0.15) is 4.98 Å². The van der Waals surface area contributed by atoms with Gasteiger partial charge in [-0.05, 0) is 12.1 Å². The molecule has 1 amide bonds. The molecule has 0 N–H and O–H groups in total. The Morgan fingerprint density at radius 1 is 1.25 bits per heavy atom. The molecular formula is C16H16N4O4. The van der Waals surface area contributed by atoms with Crippen molar-refractivity contribution in [2.24, 2.45) is 0 Å². The number of likely N-dealkylation sites (tertiary alicyclic amines) is 1. The van der Waals surface area contributed by atoms with E-state index >= 15 is 0 Å². The molecule has 8 nitrogen and oxygen atoms in total. The van der Waals surface area contributed by atoms with Gasteiger partial charge in [-0.15, -0.1) is 0 Å². The van der Waals surface area contributed by atoms with Gasteiger partial charge in [-0.3, -0.25) is 4.79 Å². The topological polar surface area (TPSA) is 98.4 Å². The maximum absolute atomic E-state index is 12.4. The Kier molecular flexibility index (Phi) is 3.44. The van der Waals surface area contributed by atoms with E-state index in [1.165, 1.54) is 6.26 Å². The molecule has 1 saturated heterocycles. The summed E-state index contributed by atoms with van der Waals surface area (Å²) in [6.07, 6.45) is 1.54. The number of hydrogen-bond donors (Lipinski definition) is 0. The number of amides is 1. The molecule has 0 spiro atoms. The highest BCUT2D eigenvalue weighted by atomic mass is 16.5. The van der Waals surface area contributed by atoms with E-state index in [2.05, 4.69) is 15.3 Å². The zero-order valence-corrected chi connectivity index (χ0v) is 13.3. The van der Waals surface area contributed by atoms with E-state index in [1.807, 2.05) is 13.8 Å². The average molecular weight is 328 g/mol. The third-order valence-corrected chi connectivity index (χ3v) is 3.99. The van der Waals surface area contributed by atoms with Gasteiger partial charge in [0.15, 0.2) is 17.3 Å². The molecule has 4 rings (SSSR count). The fourth-order valence-electron chi connectivity index (χ4n) is 2.52. The average Bonchev–Trinajstić information content (AvgIpc) is 3.26. The minimum atomic E-state index is -0.184. The first kappa shape index (κ1) is 14.7. The van der Waals surface area contributed by atoms with Crippen LogP contribution in [0.2, 0.25) is 0 Å². The highest BCUT2D eigenvalue weighted by molar-refractivity contribution is 5.93.